The van der Waals surface area contributed by atoms with Crippen LogP contribution in [-0.4, -0.2) is 6.54 Å². The molecule has 0 aromatic heterocycles. The van der Waals surface area contributed by atoms with E-state index in [0.29, 0.717) is 22.5 Å². The Labute approximate surface area is 138 Å². The van der Waals surface area contributed by atoms with Crippen molar-refractivity contribution in [3.8, 4) is 0 Å². The summed E-state index contributed by atoms with van der Waals surface area (Å²) in [5.74, 6) is 0.338. The van der Waals surface area contributed by atoms with Gasteiger partial charge in [-0.05, 0) is 48.6 Å². The Kier molecular flexibility index (Phi) is 5.91. The van der Waals surface area contributed by atoms with Gasteiger partial charge in [0.25, 0.3) is 0 Å². The molecule has 2 aromatic carbocycles. The van der Waals surface area contributed by atoms with Gasteiger partial charge >= 0.3 is 0 Å². The first kappa shape index (κ1) is 15.8. The zero-order chi connectivity index (χ0) is 14.5. The molecule has 4 heteroatoms. The van der Waals surface area contributed by atoms with Crippen molar-refractivity contribution in [1.82, 2.24) is 0 Å². The number of nitrogens with two attached hydrogens (primary N) is 1. The van der Waals surface area contributed by atoms with Gasteiger partial charge in [-0.2, -0.15) is 0 Å². The monoisotopic (exact) mass is 371 g/mol. The van der Waals surface area contributed by atoms with E-state index in [4.69, 9.17) is 28.9 Å². The smallest absolute Gasteiger partial charge is 0.0624 e. The minimum absolute atomic E-state index is 0.338. The SMILES string of the molecule is NCC(Cc1ccccc1Br)Cc1cccc(Cl)c1Cl. The van der Waals surface area contributed by atoms with E-state index in [1.165, 1.54) is 5.56 Å². The van der Waals surface area contributed by atoms with Gasteiger partial charge in [0, 0.05) is 4.47 Å². The highest BCUT2D eigenvalue weighted by Gasteiger charge is 2.13. The molecular weight excluding hydrogens is 357 g/mol. The second-order valence-electron chi connectivity index (χ2n) is 4.81. The summed E-state index contributed by atoms with van der Waals surface area (Å²) in [6, 6.07) is 14.0. The van der Waals surface area contributed by atoms with Gasteiger partial charge in [-0.1, -0.05) is 69.5 Å². The molecule has 0 aliphatic heterocycles. The van der Waals surface area contributed by atoms with Gasteiger partial charge < -0.3 is 5.73 Å². The lowest BCUT2D eigenvalue weighted by molar-refractivity contribution is 0.532. The third-order valence-corrected chi connectivity index (χ3v) is 4.97. The second kappa shape index (κ2) is 7.46. The second-order valence-corrected chi connectivity index (χ2v) is 6.45. The van der Waals surface area contributed by atoms with Crippen LogP contribution in [0.3, 0.4) is 0 Å². The molecule has 106 valence electrons. The molecule has 0 amide bonds. The molecule has 1 unspecified atom stereocenters. The number of benzene rings is 2. The van der Waals surface area contributed by atoms with E-state index in [0.717, 1.165) is 22.9 Å². The highest BCUT2D eigenvalue weighted by molar-refractivity contribution is 9.10. The standard InChI is InChI=1S/C16H16BrCl2N/c17-14-6-2-1-4-12(14)8-11(10-20)9-13-5-3-7-15(18)16(13)19/h1-7,11H,8-10,20H2. The zero-order valence-corrected chi connectivity index (χ0v) is 14.0. The lowest BCUT2D eigenvalue weighted by Gasteiger charge is -2.17. The summed E-state index contributed by atoms with van der Waals surface area (Å²) in [7, 11) is 0. The fourth-order valence-electron chi connectivity index (χ4n) is 2.23. The molecule has 0 saturated heterocycles. The van der Waals surface area contributed by atoms with Gasteiger partial charge in [0.15, 0.2) is 0 Å². The molecule has 0 heterocycles. The Balaban J connectivity index is 2.14. The summed E-state index contributed by atoms with van der Waals surface area (Å²) in [5.41, 5.74) is 8.24. The fourth-order valence-corrected chi connectivity index (χ4v) is 3.07. The largest absolute Gasteiger partial charge is 0.330 e. The Morgan fingerprint density at radius 2 is 1.60 bits per heavy atom. The number of rotatable bonds is 5. The van der Waals surface area contributed by atoms with E-state index in [-0.39, 0.29) is 0 Å². The molecule has 0 spiro atoms. The van der Waals surface area contributed by atoms with Crippen LogP contribution >= 0.6 is 39.1 Å². The third-order valence-electron chi connectivity index (χ3n) is 3.34. The lowest BCUT2D eigenvalue weighted by Crippen LogP contribution is -2.19. The summed E-state index contributed by atoms with van der Waals surface area (Å²) in [5, 5.41) is 1.24. The molecule has 0 radical (unpaired) electrons. The van der Waals surface area contributed by atoms with Crippen LogP contribution in [0.4, 0.5) is 0 Å². The average molecular weight is 373 g/mol. The highest BCUT2D eigenvalue weighted by Crippen LogP contribution is 2.28. The molecule has 0 saturated carbocycles. The Bertz CT molecular complexity index is 586. The number of halogens is 3. The van der Waals surface area contributed by atoms with Gasteiger partial charge in [-0.3, -0.25) is 0 Å². The molecule has 2 aromatic rings. The van der Waals surface area contributed by atoms with Crippen molar-refractivity contribution in [2.45, 2.75) is 12.8 Å². The normalized spacial score (nSPS) is 12.4. The molecule has 0 bridgehead atoms. The van der Waals surface area contributed by atoms with Gasteiger partial charge in [-0.25, -0.2) is 0 Å². The molecule has 1 atom stereocenters. The molecule has 0 aliphatic carbocycles. The zero-order valence-electron chi connectivity index (χ0n) is 11.0. The van der Waals surface area contributed by atoms with Crippen LogP contribution < -0.4 is 5.73 Å². The number of hydrogen-bond acceptors (Lipinski definition) is 1. The Morgan fingerprint density at radius 1 is 0.950 bits per heavy atom. The maximum absolute atomic E-state index is 6.25. The van der Waals surface area contributed by atoms with E-state index in [2.05, 4.69) is 28.1 Å². The van der Waals surface area contributed by atoms with E-state index in [1.807, 2.05) is 24.3 Å². The summed E-state index contributed by atoms with van der Waals surface area (Å²) in [6.45, 7) is 0.615. The van der Waals surface area contributed by atoms with E-state index in [1.54, 1.807) is 6.07 Å². The topological polar surface area (TPSA) is 26.0 Å². The lowest BCUT2D eigenvalue weighted by atomic mass is 9.92. The van der Waals surface area contributed by atoms with Crippen LogP contribution in [-0.2, 0) is 12.8 Å². The van der Waals surface area contributed by atoms with Crippen molar-refractivity contribution in [1.29, 1.82) is 0 Å². The molecule has 2 rings (SSSR count). The first-order chi connectivity index (χ1) is 9.61. The van der Waals surface area contributed by atoms with Crippen molar-refractivity contribution in [3.05, 3.63) is 68.1 Å². The van der Waals surface area contributed by atoms with Crippen LogP contribution in [0.2, 0.25) is 10.0 Å². The predicted octanol–water partition coefficient (Wildman–Crippen LogP) is 5.12. The Morgan fingerprint density at radius 3 is 2.30 bits per heavy atom. The number of hydrogen-bond donors (Lipinski definition) is 1. The minimum atomic E-state index is 0.338. The van der Waals surface area contributed by atoms with Crippen LogP contribution in [0, 0.1) is 5.92 Å². The quantitative estimate of drug-likeness (QED) is 0.774. The van der Waals surface area contributed by atoms with Crippen LogP contribution in [0.1, 0.15) is 11.1 Å². The van der Waals surface area contributed by atoms with Gasteiger partial charge in [0.2, 0.25) is 0 Å². The highest BCUT2D eigenvalue weighted by atomic mass is 79.9. The van der Waals surface area contributed by atoms with Crippen molar-refractivity contribution in [3.63, 3.8) is 0 Å². The minimum Gasteiger partial charge on any atom is -0.330 e. The van der Waals surface area contributed by atoms with Crippen molar-refractivity contribution in [2.24, 2.45) is 11.7 Å². The van der Waals surface area contributed by atoms with Gasteiger partial charge in [-0.15, -0.1) is 0 Å². The average Bonchev–Trinajstić information content (AvgIpc) is 2.45. The Hall–Kier alpha value is -0.540. The summed E-state index contributed by atoms with van der Waals surface area (Å²) >= 11 is 15.9. The summed E-state index contributed by atoms with van der Waals surface area (Å²) in [6.07, 6.45) is 1.75. The van der Waals surface area contributed by atoms with E-state index < -0.39 is 0 Å². The van der Waals surface area contributed by atoms with Crippen LogP contribution in [0.15, 0.2) is 46.9 Å². The maximum Gasteiger partial charge on any atom is 0.0624 e. The predicted molar refractivity (Wildman–Crippen MR) is 90.6 cm³/mol. The molecule has 20 heavy (non-hydrogen) atoms. The third kappa shape index (κ3) is 3.98. The van der Waals surface area contributed by atoms with E-state index in [9.17, 15) is 0 Å². The van der Waals surface area contributed by atoms with Crippen molar-refractivity contribution >= 4 is 39.1 Å². The van der Waals surface area contributed by atoms with Crippen LogP contribution in [0.5, 0.6) is 0 Å². The summed E-state index contributed by atoms with van der Waals surface area (Å²) in [4.78, 5) is 0. The summed E-state index contributed by atoms with van der Waals surface area (Å²) < 4.78 is 1.12. The van der Waals surface area contributed by atoms with Gasteiger partial charge in [0.1, 0.15) is 0 Å². The van der Waals surface area contributed by atoms with Crippen molar-refractivity contribution in [2.75, 3.05) is 6.54 Å². The maximum atomic E-state index is 6.25. The molecule has 0 fully saturated rings. The first-order valence-electron chi connectivity index (χ1n) is 6.48. The molecule has 1 nitrogen and oxygen atoms in total. The van der Waals surface area contributed by atoms with E-state index >= 15 is 0 Å². The van der Waals surface area contributed by atoms with Gasteiger partial charge in [0.05, 0.1) is 10.0 Å². The molecule has 2 N–H and O–H groups in total. The van der Waals surface area contributed by atoms with Crippen molar-refractivity contribution < 1.29 is 0 Å². The fraction of sp³-hybridized carbons (Fsp3) is 0.250. The molecular formula is C16H16BrCl2N. The first-order valence-corrected chi connectivity index (χ1v) is 8.03. The molecule has 0 aliphatic rings. The van der Waals surface area contributed by atoms with Crippen LogP contribution in [0.25, 0.3) is 0 Å².